The third-order valence-corrected chi connectivity index (χ3v) is 1.47. The Morgan fingerprint density at radius 2 is 1.33 bits per heavy atom. The summed E-state index contributed by atoms with van der Waals surface area (Å²) in [7, 11) is 0. The Labute approximate surface area is 88.1 Å². The van der Waals surface area contributed by atoms with E-state index in [-0.39, 0.29) is 5.56 Å². The molecule has 0 saturated carbocycles. The van der Waals surface area contributed by atoms with Crippen LogP contribution in [0.2, 0.25) is 0 Å². The van der Waals surface area contributed by atoms with Crippen molar-refractivity contribution in [3.8, 4) is 0 Å². The first-order valence-corrected chi connectivity index (χ1v) is 4.56. The zero-order chi connectivity index (χ0) is 10.8. The Balaban J connectivity index is 3.17. The molecule has 1 aromatic rings. The smallest absolute Gasteiger partial charge is 0.264 e. The van der Waals surface area contributed by atoms with Gasteiger partial charge >= 0.3 is 0 Å². The SMILES string of the molecule is O=c1cccccccccccn[nH]1. The van der Waals surface area contributed by atoms with Crippen molar-refractivity contribution in [3.05, 3.63) is 77.2 Å². The molecular formula is C12H12N2O. The van der Waals surface area contributed by atoms with Gasteiger partial charge in [-0.25, -0.2) is 5.10 Å². The van der Waals surface area contributed by atoms with Crippen molar-refractivity contribution < 1.29 is 0 Å². The van der Waals surface area contributed by atoms with Gasteiger partial charge in [0.15, 0.2) is 0 Å². The molecule has 0 amide bonds. The first kappa shape index (κ1) is 10.9. The van der Waals surface area contributed by atoms with E-state index in [1.807, 2.05) is 36.4 Å². The standard InChI is InChI=1S/C12H12N2O/c15-12-10-8-6-4-2-1-3-5-7-9-11-13-14-12/h1-11H,(H,14,15). The summed E-state index contributed by atoms with van der Waals surface area (Å²) in [5, 5.41) is 6.05. The van der Waals surface area contributed by atoms with Crippen LogP contribution < -0.4 is 5.56 Å². The molecule has 3 nitrogen and oxygen atoms in total. The Bertz CT molecular complexity index is 413. The van der Waals surface area contributed by atoms with Gasteiger partial charge in [-0.05, 0) is 6.07 Å². The lowest BCUT2D eigenvalue weighted by Crippen LogP contribution is -2.00. The average Bonchev–Trinajstić information content (AvgIpc) is 2.24. The van der Waals surface area contributed by atoms with Crippen LogP contribution in [0.15, 0.2) is 71.7 Å². The van der Waals surface area contributed by atoms with Gasteiger partial charge in [0.1, 0.15) is 0 Å². The van der Waals surface area contributed by atoms with Gasteiger partial charge in [-0.3, -0.25) is 4.79 Å². The van der Waals surface area contributed by atoms with Gasteiger partial charge in [-0.1, -0.05) is 48.5 Å². The normalized spacial score (nSPS) is 8.27. The largest absolute Gasteiger partial charge is 0.268 e. The van der Waals surface area contributed by atoms with E-state index in [2.05, 4.69) is 10.2 Å². The van der Waals surface area contributed by atoms with Gasteiger partial charge in [0.05, 0.1) is 0 Å². The Kier molecular flexibility index (Phi) is 5.29. The lowest BCUT2D eigenvalue weighted by atomic mass is 10.4. The number of hydrogen-bond acceptors (Lipinski definition) is 2. The van der Waals surface area contributed by atoms with Crippen LogP contribution in [-0.2, 0) is 0 Å². The van der Waals surface area contributed by atoms with Crippen LogP contribution >= 0.6 is 0 Å². The van der Waals surface area contributed by atoms with Crippen molar-refractivity contribution in [1.82, 2.24) is 10.2 Å². The first-order valence-electron chi connectivity index (χ1n) is 4.56. The maximum absolute atomic E-state index is 11.1. The summed E-state index contributed by atoms with van der Waals surface area (Å²) in [6, 6.07) is 17.8. The Hall–Kier alpha value is -2.16. The van der Waals surface area contributed by atoms with Crippen LogP contribution in [0.25, 0.3) is 0 Å². The molecule has 1 heterocycles. The summed E-state index contributed by atoms with van der Waals surface area (Å²) >= 11 is 0. The molecule has 0 aliphatic rings. The summed E-state index contributed by atoms with van der Waals surface area (Å²) in [6.45, 7) is 0. The van der Waals surface area contributed by atoms with Gasteiger partial charge in [-0.2, -0.15) is 5.10 Å². The summed E-state index contributed by atoms with van der Waals surface area (Å²) in [5.41, 5.74) is -0.249. The highest BCUT2D eigenvalue weighted by atomic mass is 16.1. The predicted octanol–water partition coefficient (Wildman–Crippen LogP) is 2.02. The molecular weight excluding hydrogens is 188 g/mol. The molecule has 0 fully saturated rings. The zero-order valence-corrected chi connectivity index (χ0v) is 8.21. The molecule has 1 aromatic heterocycles. The van der Waals surface area contributed by atoms with Crippen LogP contribution in [0.1, 0.15) is 0 Å². The summed E-state index contributed by atoms with van der Waals surface area (Å²) in [4.78, 5) is 11.1. The molecule has 0 aliphatic heterocycles. The van der Waals surface area contributed by atoms with Gasteiger partial charge in [0.25, 0.3) is 5.56 Å². The summed E-state index contributed by atoms with van der Waals surface area (Å²) in [6.07, 6.45) is 1.52. The van der Waals surface area contributed by atoms with Gasteiger partial charge in [0.2, 0.25) is 0 Å². The zero-order valence-electron chi connectivity index (χ0n) is 8.21. The monoisotopic (exact) mass is 200 g/mol. The second-order valence-electron chi connectivity index (χ2n) is 2.65. The van der Waals surface area contributed by atoms with E-state index in [0.717, 1.165) is 0 Å². The fourth-order valence-electron chi connectivity index (χ4n) is 0.823. The topological polar surface area (TPSA) is 45.8 Å². The van der Waals surface area contributed by atoms with E-state index in [9.17, 15) is 4.79 Å². The van der Waals surface area contributed by atoms with Crippen molar-refractivity contribution in [3.63, 3.8) is 0 Å². The van der Waals surface area contributed by atoms with Crippen LogP contribution in [0, 0.1) is 0 Å². The summed E-state index contributed by atoms with van der Waals surface area (Å²) in [5.74, 6) is 0. The molecule has 0 unspecified atom stereocenters. The number of hydrogen-bond donors (Lipinski definition) is 1. The van der Waals surface area contributed by atoms with E-state index >= 15 is 0 Å². The fraction of sp³-hybridized carbons (Fsp3) is 0. The van der Waals surface area contributed by atoms with E-state index in [1.165, 1.54) is 12.3 Å². The lowest BCUT2D eigenvalue weighted by Gasteiger charge is -1.71. The Morgan fingerprint density at radius 1 is 0.800 bits per heavy atom. The molecule has 0 atom stereocenters. The third kappa shape index (κ3) is 5.99. The second-order valence-corrected chi connectivity index (χ2v) is 2.65. The minimum Gasteiger partial charge on any atom is -0.268 e. The number of H-pyrrole nitrogens is 1. The lowest BCUT2D eigenvalue weighted by molar-refractivity contribution is 1.01. The Morgan fingerprint density at radius 3 is 2.00 bits per heavy atom. The maximum Gasteiger partial charge on any atom is 0.264 e. The van der Waals surface area contributed by atoms with Crippen LogP contribution in [0.5, 0.6) is 0 Å². The van der Waals surface area contributed by atoms with Crippen molar-refractivity contribution in [2.24, 2.45) is 0 Å². The predicted molar refractivity (Wildman–Crippen MR) is 60.1 cm³/mol. The number of rotatable bonds is 0. The number of aromatic nitrogens is 2. The number of aromatic amines is 1. The minimum absolute atomic E-state index is 0.249. The van der Waals surface area contributed by atoms with E-state index < -0.39 is 0 Å². The summed E-state index contributed by atoms with van der Waals surface area (Å²) < 4.78 is 0. The highest BCUT2D eigenvalue weighted by molar-refractivity contribution is 4.95. The van der Waals surface area contributed by atoms with Crippen molar-refractivity contribution in [1.29, 1.82) is 0 Å². The van der Waals surface area contributed by atoms with Crippen LogP contribution in [0.4, 0.5) is 0 Å². The molecule has 1 rings (SSSR count). The molecule has 0 aliphatic carbocycles. The molecule has 0 bridgehead atoms. The maximum atomic E-state index is 11.1. The fourth-order valence-corrected chi connectivity index (χ4v) is 0.823. The highest BCUT2D eigenvalue weighted by Crippen LogP contribution is 1.76. The van der Waals surface area contributed by atoms with Gasteiger partial charge < -0.3 is 0 Å². The van der Waals surface area contributed by atoms with Crippen molar-refractivity contribution in [2.45, 2.75) is 0 Å². The van der Waals surface area contributed by atoms with Crippen molar-refractivity contribution in [2.75, 3.05) is 0 Å². The number of nitrogens with zero attached hydrogens (tertiary/aromatic N) is 1. The first-order chi connectivity index (χ1) is 7.39. The quantitative estimate of drug-likeness (QED) is 0.696. The molecule has 76 valence electrons. The number of nitrogens with one attached hydrogen (secondary N) is 1. The molecule has 3 heteroatoms. The average molecular weight is 200 g/mol. The molecule has 0 radical (unpaired) electrons. The minimum atomic E-state index is -0.249. The van der Waals surface area contributed by atoms with Crippen molar-refractivity contribution >= 4 is 0 Å². The second kappa shape index (κ2) is 7.26. The molecule has 0 aromatic carbocycles. The third-order valence-electron chi connectivity index (χ3n) is 1.47. The van der Waals surface area contributed by atoms with E-state index in [0.29, 0.717) is 0 Å². The molecule has 15 heavy (non-hydrogen) atoms. The van der Waals surface area contributed by atoms with Crippen LogP contribution in [-0.4, -0.2) is 10.2 Å². The van der Waals surface area contributed by atoms with Gasteiger partial charge in [-0.15, -0.1) is 0 Å². The molecule has 0 spiro atoms. The van der Waals surface area contributed by atoms with Gasteiger partial charge in [0, 0.05) is 12.3 Å². The van der Waals surface area contributed by atoms with E-state index in [1.54, 1.807) is 18.2 Å². The molecule has 1 N–H and O–H groups in total. The van der Waals surface area contributed by atoms with E-state index in [4.69, 9.17) is 0 Å². The highest BCUT2D eigenvalue weighted by Gasteiger charge is 1.67. The molecule has 0 saturated heterocycles. The van der Waals surface area contributed by atoms with Crippen LogP contribution in [0.3, 0.4) is 0 Å².